The number of carbonyl (C=O) groups is 1. The second kappa shape index (κ2) is 10.4. The Morgan fingerprint density at radius 2 is 1.84 bits per heavy atom. The van der Waals surface area contributed by atoms with Crippen LogP contribution in [0.25, 0.3) is 6.08 Å². The van der Waals surface area contributed by atoms with Gasteiger partial charge in [0, 0.05) is 15.7 Å². The van der Waals surface area contributed by atoms with Crippen molar-refractivity contribution in [1.82, 2.24) is 0 Å². The molecule has 0 aliphatic heterocycles. The van der Waals surface area contributed by atoms with E-state index >= 15 is 0 Å². The van der Waals surface area contributed by atoms with Crippen LogP contribution in [-0.4, -0.2) is 5.91 Å². The molecule has 0 saturated heterocycles. The van der Waals surface area contributed by atoms with E-state index in [2.05, 4.69) is 5.32 Å². The van der Waals surface area contributed by atoms with E-state index in [4.69, 9.17) is 39.5 Å². The van der Waals surface area contributed by atoms with E-state index in [1.165, 1.54) is 6.08 Å². The number of benzene rings is 3. The topological polar surface area (TPSA) is 62.1 Å². The maximum atomic E-state index is 12.5. The van der Waals surface area contributed by atoms with Gasteiger partial charge in [-0.1, -0.05) is 59.1 Å². The number of carbonyl (C=O) groups excluding carboxylic acids is 1. The molecule has 3 rings (SSSR count). The first-order valence-electron chi connectivity index (χ1n) is 9.22. The summed E-state index contributed by atoms with van der Waals surface area (Å²) in [5, 5.41) is 13.6. The molecular formula is C24H17Cl3N2O2. The number of ether oxygens (including phenoxy) is 1. The molecule has 0 radical (unpaired) electrons. The van der Waals surface area contributed by atoms with Crippen molar-refractivity contribution in [1.29, 1.82) is 5.26 Å². The summed E-state index contributed by atoms with van der Waals surface area (Å²) in [4.78, 5) is 12.5. The van der Waals surface area contributed by atoms with Gasteiger partial charge in [-0.3, -0.25) is 4.79 Å². The number of amides is 1. The molecule has 156 valence electrons. The fourth-order valence-corrected chi connectivity index (χ4v) is 3.37. The van der Waals surface area contributed by atoms with Crippen LogP contribution < -0.4 is 10.1 Å². The quantitative estimate of drug-likeness (QED) is 0.308. The molecule has 0 spiro atoms. The van der Waals surface area contributed by atoms with Gasteiger partial charge in [-0.15, -0.1) is 0 Å². The molecule has 7 heteroatoms. The van der Waals surface area contributed by atoms with Crippen LogP contribution in [0, 0.1) is 18.3 Å². The Bertz CT molecular complexity index is 1200. The van der Waals surface area contributed by atoms with Crippen LogP contribution in [-0.2, 0) is 11.4 Å². The zero-order valence-corrected chi connectivity index (χ0v) is 18.7. The van der Waals surface area contributed by atoms with Gasteiger partial charge < -0.3 is 10.1 Å². The van der Waals surface area contributed by atoms with E-state index < -0.39 is 5.91 Å². The van der Waals surface area contributed by atoms with E-state index in [-0.39, 0.29) is 5.57 Å². The third-order valence-electron chi connectivity index (χ3n) is 4.36. The average Bonchev–Trinajstić information content (AvgIpc) is 2.74. The Morgan fingerprint density at radius 1 is 1.06 bits per heavy atom. The van der Waals surface area contributed by atoms with Crippen LogP contribution in [0.2, 0.25) is 15.1 Å². The third-order valence-corrected chi connectivity index (χ3v) is 5.13. The van der Waals surface area contributed by atoms with Crippen molar-refractivity contribution in [3.05, 3.63) is 98.0 Å². The molecule has 3 aromatic rings. The SMILES string of the molecule is Cc1ccc(Cl)cc1NC(=O)/C(C#N)=C/c1ccc(OCc2cccc(Cl)c2)c(Cl)c1. The summed E-state index contributed by atoms with van der Waals surface area (Å²) in [6.45, 7) is 2.14. The monoisotopic (exact) mass is 470 g/mol. The van der Waals surface area contributed by atoms with Gasteiger partial charge in [0.05, 0.1) is 5.02 Å². The van der Waals surface area contributed by atoms with Crippen molar-refractivity contribution < 1.29 is 9.53 Å². The van der Waals surface area contributed by atoms with Crippen molar-refractivity contribution >= 4 is 52.5 Å². The molecule has 0 saturated carbocycles. The van der Waals surface area contributed by atoms with Gasteiger partial charge in [0.1, 0.15) is 24.0 Å². The summed E-state index contributed by atoms with van der Waals surface area (Å²) in [7, 11) is 0. The van der Waals surface area contributed by atoms with Crippen molar-refractivity contribution in [2.24, 2.45) is 0 Å². The molecule has 31 heavy (non-hydrogen) atoms. The fourth-order valence-electron chi connectivity index (χ4n) is 2.75. The smallest absolute Gasteiger partial charge is 0.266 e. The van der Waals surface area contributed by atoms with Crippen molar-refractivity contribution in [2.45, 2.75) is 13.5 Å². The Morgan fingerprint density at radius 3 is 2.55 bits per heavy atom. The van der Waals surface area contributed by atoms with Crippen LogP contribution in [0.1, 0.15) is 16.7 Å². The summed E-state index contributed by atoms with van der Waals surface area (Å²) in [5.41, 5.74) is 2.81. The van der Waals surface area contributed by atoms with Crippen LogP contribution in [0.5, 0.6) is 5.75 Å². The summed E-state index contributed by atoms with van der Waals surface area (Å²) in [6.07, 6.45) is 1.46. The molecule has 0 aromatic heterocycles. The molecule has 4 nitrogen and oxygen atoms in total. The predicted molar refractivity (Wildman–Crippen MR) is 126 cm³/mol. The first-order valence-corrected chi connectivity index (χ1v) is 10.3. The lowest BCUT2D eigenvalue weighted by Gasteiger charge is -2.10. The first kappa shape index (κ1) is 22.7. The zero-order valence-electron chi connectivity index (χ0n) is 16.5. The van der Waals surface area contributed by atoms with Gasteiger partial charge in [0.2, 0.25) is 0 Å². The van der Waals surface area contributed by atoms with Gasteiger partial charge in [0.25, 0.3) is 5.91 Å². The highest BCUT2D eigenvalue weighted by Gasteiger charge is 2.12. The number of rotatable bonds is 6. The maximum absolute atomic E-state index is 12.5. The number of halogens is 3. The lowest BCUT2D eigenvalue weighted by molar-refractivity contribution is -0.112. The molecule has 0 aliphatic carbocycles. The summed E-state index contributed by atoms with van der Waals surface area (Å²) >= 11 is 18.3. The third kappa shape index (κ3) is 6.26. The Kier molecular flexibility index (Phi) is 7.59. The number of nitrogens with one attached hydrogen (secondary N) is 1. The molecule has 0 atom stereocenters. The van der Waals surface area contributed by atoms with Crippen LogP contribution >= 0.6 is 34.8 Å². The highest BCUT2D eigenvalue weighted by molar-refractivity contribution is 6.32. The lowest BCUT2D eigenvalue weighted by Crippen LogP contribution is -2.14. The number of nitriles is 1. The number of aryl methyl sites for hydroxylation is 1. The molecule has 0 heterocycles. The summed E-state index contributed by atoms with van der Waals surface area (Å²) < 4.78 is 5.75. The highest BCUT2D eigenvalue weighted by atomic mass is 35.5. The van der Waals surface area contributed by atoms with E-state index in [0.717, 1.165) is 11.1 Å². The highest BCUT2D eigenvalue weighted by Crippen LogP contribution is 2.28. The normalized spacial score (nSPS) is 11.0. The summed E-state index contributed by atoms with van der Waals surface area (Å²) in [6, 6.07) is 19.4. The molecule has 3 aromatic carbocycles. The number of anilines is 1. The van der Waals surface area contributed by atoms with E-state index in [1.54, 1.807) is 42.5 Å². The maximum Gasteiger partial charge on any atom is 0.266 e. The molecule has 0 unspecified atom stereocenters. The zero-order chi connectivity index (χ0) is 22.4. The lowest BCUT2D eigenvalue weighted by atomic mass is 10.1. The van der Waals surface area contributed by atoms with Gasteiger partial charge in [-0.2, -0.15) is 5.26 Å². The standard InChI is InChI=1S/C24H17Cl3N2O2/c1-15-5-7-20(26)12-22(15)29-24(30)18(13-28)9-16-6-8-23(21(27)11-16)31-14-17-3-2-4-19(25)10-17/h2-12H,14H2,1H3,(H,29,30)/b18-9+. The van der Waals surface area contributed by atoms with Crippen molar-refractivity contribution in [2.75, 3.05) is 5.32 Å². The molecule has 0 aliphatic rings. The van der Waals surface area contributed by atoms with Gasteiger partial charge in [-0.05, 0) is 66.1 Å². The number of hydrogen-bond donors (Lipinski definition) is 1. The minimum atomic E-state index is -0.537. The second-order valence-corrected chi connectivity index (χ2v) is 7.97. The minimum Gasteiger partial charge on any atom is -0.487 e. The van der Waals surface area contributed by atoms with E-state index in [0.29, 0.717) is 38.7 Å². The predicted octanol–water partition coefficient (Wildman–Crippen LogP) is 7.08. The number of nitrogens with zero attached hydrogens (tertiary/aromatic N) is 1. The molecule has 1 amide bonds. The first-order chi connectivity index (χ1) is 14.9. The number of hydrogen-bond acceptors (Lipinski definition) is 3. The Hall–Kier alpha value is -2.97. The van der Waals surface area contributed by atoms with Gasteiger partial charge in [-0.25, -0.2) is 0 Å². The largest absolute Gasteiger partial charge is 0.487 e. The van der Waals surface area contributed by atoms with Crippen LogP contribution in [0.4, 0.5) is 5.69 Å². The Labute approximate surface area is 195 Å². The molecular weight excluding hydrogens is 455 g/mol. The van der Waals surface area contributed by atoms with Crippen molar-refractivity contribution in [3.63, 3.8) is 0 Å². The summed E-state index contributed by atoms with van der Waals surface area (Å²) in [5.74, 6) is -0.0541. The van der Waals surface area contributed by atoms with E-state index in [9.17, 15) is 10.1 Å². The van der Waals surface area contributed by atoms with Crippen LogP contribution in [0.15, 0.2) is 66.2 Å². The molecule has 0 bridgehead atoms. The van der Waals surface area contributed by atoms with E-state index in [1.807, 2.05) is 31.2 Å². The fraction of sp³-hybridized carbons (Fsp3) is 0.0833. The Balaban J connectivity index is 1.73. The minimum absolute atomic E-state index is 0.0666. The van der Waals surface area contributed by atoms with Gasteiger partial charge in [0.15, 0.2) is 0 Å². The second-order valence-electron chi connectivity index (χ2n) is 6.69. The van der Waals surface area contributed by atoms with Crippen LogP contribution in [0.3, 0.4) is 0 Å². The van der Waals surface area contributed by atoms with Crippen molar-refractivity contribution in [3.8, 4) is 11.8 Å². The molecule has 1 N–H and O–H groups in total. The molecule has 0 fully saturated rings. The van der Waals surface area contributed by atoms with Gasteiger partial charge >= 0.3 is 0 Å². The average molecular weight is 472 g/mol.